The van der Waals surface area contributed by atoms with Gasteiger partial charge in [-0.2, -0.15) is 0 Å². The van der Waals surface area contributed by atoms with Crippen LogP contribution in [0.1, 0.15) is 15.9 Å². The van der Waals surface area contributed by atoms with Gasteiger partial charge >= 0.3 is 0 Å². The van der Waals surface area contributed by atoms with Crippen LogP contribution in [-0.2, 0) is 0 Å². The van der Waals surface area contributed by atoms with E-state index in [0.29, 0.717) is 16.8 Å². The maximum absolute atomic E-state index is 13.0. The predicted octanol–water partition coefficient (Wildman–Crippen LogP) is 2.67. The minimum atomic E-state index is -0.325. The van der Waals surface area contributed by atoms with Crippen molar-refractivity contribution in [1.29, 1.82) is 0 Å². The van der Waals surface area contributed by atoms with Crippen molar-refractivity contribution in [3.8, 4) is 0 Å². The van der Waals surface area contributed by atoms with E-state index in [4.69, 9.17) is 5.84 Å². The van der Waals surface area contributed by atoms with Gasteiger partial charge in [0.2, 0.25) is 0 Å². The van der Waals surface area contributed by atoms with E-state index in [0.717, 1.165) is 5.69 Å². The van der Waals surface area contributed by atoms with Gasteiger partial charge in [-0.3, -0.25) is 10.6 Å². The molecule has 4 nitrogen and oxygen atoms in total. The average molecular weight is 259 g/mol. The second-order valence-electron chi connectivity index (χ2n) is 4.14. The van der Waals surface area contributed by atoms with Gasteiger partial charge in [-0.25, -0.2) is 4.39 Å². The van der Waals surface area contributed by atoms with Crippen molar-refractivity contribution < 1.29 is 9.18 Å². The molecule has 2 rings (SSSR count). The van der Waals surface area contributed by atoms with Crippen LogP contribution in [0.3, 0.4) is 0 Å². The third kappa shape index (κ3) is 3.08. The molecule has 0 fully saturated rings. The Bertz CT molecular complexity index is 596. The number of benzene rings is 2. The van der Waals surface area contributed by atoms with Gasteiger partial charge in [0.05, 0.1) is 0 Å². The SMILES string of the molecule is Cc1cc(F)ccc1NC(=O)c1ccc(NN)cc1. The van der Waals surface area contributed by atoms with Crippen molar-refractivity contribution >= 4 is 17.3 Å². The van der Waals surface area contributed by atoms with Crippen LogP contribution < -0.4 is 16.6 Å². The van der Waals surface area contributed by atoms with E-state index in [1.165, 1.54) is 12.1 Å². The Hall–Kier alpha value is -2.40. The molecule has 2 aromatic rings. The number of nitrogens with two attached hydrogens (primary N) is 1. The molecule has 19 heavy (non-hydrogen) atoms. The summed E-state index contributed by atoms with van der Waals surface area (Å²) in [5.41, 5.74) is 4.97. The van der Waals surface area contributed by atoms with Crippen LogP contribution in [-0.4, -0.2) is 5.91 Å². The van der Waals surface area contributed by atoms with Crippen LogP contribution in [0.5, 0.6) is 0 Å². The molecule has 4 N–H and O–H groups in total. The van der Waals surface area contributed by atoms with Crippen molar-refractivity contribution in [2.24, 2.45) is 5.84 Å². The number of carbonyl (C=O) groups is 1. The molecular weight excluding hydrogens is 245 g/mol. The third-order valence-electron chi connectivity index (χ3n) is 2.75. The molecule has 2 aromatic carbocycles. The first-order chi connectivity index (χ1) is 9.10. The Morgan fingerprint density at radius 2 is 1.84 bits per heavy atom. The van der Waals surface area contributed by atoms with Gasteiger partial charge in [0.1, 0.15) is 5.82 Å². The van der Waals surface area contributed by atoms with E-state index in [1.807, 2.05) is 0 Å². The highest BCUT2D eigenvalue weighted by atomic mass is 19.1. The summed E-state index contributed by atoms with van der Waals surface area (Å²) >= 11 is 0. The third-order valence-corrected chi connectivity index (χ3v) is 2.75. The highest BCUT2D eigenvalue weighted by Gasteiger charge is 2.08. The minimum absolute atomic E-state index is 0.252. The molecule has 0 spiro atoms. The number of rotatable bonds is 3. The molecule has 0 saturated heterocycles. The first kappa shape index (κ1) is 13.0. The second kappa shape index (κ2) is 5.49. The molecule has 0 aliphatic rings. The average Bonchev–Trinajstić information content (AvgIpc) is 2.42. The molecule has 5 heteroatoms. The topological polar surface area (TPSA) is 67.2 Å². The number of hydrogen-bond acceptors (Lipinski definition) is 3. The molecule has 0 atom stereocenters. The number of halogens is 1. The monoisotopic (exact) mass is 259 g/mol. The van der Waals surface area contributed by atoms with Crippen LogP contribution in [0.2, 0.25) is 0 Å². The van der Waals surface area contributed by atoms with Gasteiger partial charge in [0.25, 0.3) is 5.91 Å². The van der Waals surface area contributed by atoms with Crippen LogP contribution in [0, 0.1) is 12.7 Å². The van der Waals surface area contributed by atoms with Crippen molar-refractivity contribution in [2.45, 2.75) is 6.92 Å². The summed E-state index contributed by atoms with van der Waals surface area (Å²) < 4.78 is 13.0. The molecular formula is C14H14FN3O. The summed E-state index contributed by atoms with van der Waals surface area (Å²) in [5, 5.41) is 2.73. The molecule has 0 heterocycles. The zero-order chi connectivity index (χ0) is 13.8. The number of amides is 1. The largest absolute Gasteiger partial charge is 0.324 e. The summed E-state index contributed by atoms with van der Waals surface area (Å²) in [6.07, 6.45) is 0. The number of anilines is 2. The van der Waals surface area contributed by atoms with Crippen molar-refractivity contribution in [1.82, 2.24) is 0 Å². The van der Waals surface area contributed by atoms with Gasteiger partial charge in [0, 0.05) is 16.9 Å². The molecule has 0 aliphatic carbocycles. The van der Waals surface area contributed by atoms with Crippen molar-refractivity contribution in [3.63, 3.8) is 0 Å². The van der Waals surface area contributed by atoms with E-state index in [9.17, 15) is 9.18 Å². The number of nitrogen functional groups attached to an aromatic ring is 1. The van der Waals surface area contributed by atoms with Crippen LogP contribution in [0.15, 0.2) is 42.5 Å². The van der Waals surface area contributed by atoms with E-state index in [1.54, 1.807) is 37.3 Å². The molecule has 0 aliphatic heterocycles. The molecule has 0 bridgehead atoms. The number of hydrazine groups is 1. The summed E-state index contributed by atoms with van der Waals surface area (Å²) in [6, 6.07) is 10.9. The van der Waals surface area contributed by atoms with Gasteiger partial charge in [0.15, 0.2) is 0 Å². The zero-order valence-corrected chi connectivity index (χ0v) is 10.4. The Kier molecular flexibility index (Phi) is 3.77. The second-order valence-corrected chi connectivity index (χ2v) is 4.14. The Morgan fingerprint density at radius 3 is 2.42 bits per heavy atom. The fourth-order valence-electron chi connectivity index (χ4n) is 1.68. The smallest absolute Gasteiger partial charge is 0.255 e. The number of carbonyl (C=O) groups excluding carboxylic acids is 1. The molecule has 0 radical (unpaired) electrons. The first-order valence-corrected chi connectivity index (χ1v) is 5.74. The molecule has 0 unspecified atom stereocenters. The lowest BCUT2D eigenvalue weighted by molar-refractivity contribution is 0.102. The van der Waals surface area contributed by atoms with Crippen LogP contribution >= 0.6 is 0 Å². The Morgan fingerprint density at radius 1 is 1.16 bits per heavy atom. The standard InChI is InChI=1S/C14H14FN3O/c1-9-8-11(15)4-7-13(9)17-14(19)10-2-5-12(18-16)6-3-10/h2-8,18H,16H2,1H3,(H,17,19). The summed E-state index contributed by atoms with van der Waals surface area (Å²) in [7, 11) is 0. The minimum Gasteiger partial charge on any atom is -0.324 e. The molecule has 98 valence electrons. The highest BCUT2D eigenvalue weighted by Crippen LogP contribution is 2.17. The summed E-state index contributed by atoms with van der Waals surface area (Å²) in [5.74, 6) is 4.67. The van der Waals surface area contributed by atoms with Gasteiger partial charge in [-0.15, -0.1) is 0 Å². The number of aryl methyl sites for hydroxylation is 1. The lowest BCUT2D eigenvalue weighted by Gasteiger charge is -2.09. The van der Waals surface area contributed by atoms with E-state index in [-0.39, 0.29) is 11.7 Å². The summed E-state index contributed by atoms with van der Waals surface area (Å²) in [4.78, 5) is 12.0. The molecule has 1 amide bonds. The van der Waals surface area contributed by atoms with Crippen LogP contribution in [0.25, 0.3) is 0 Å². The number of nitrogens with one attached hydrogen (secondary N) is 2. The fourth-order valence-corrected chi connectivity index (χ4v) is 1.68. The summed E-state index contributed by atoms with van der Waals surface area (Å²) in [6.45, 7) is 1.74. The van der Waals surface area contributed by atoms with Gasteiger partial charge in [-0.05, 0) is 55.0 Å². The van der Waals surface area contributed by atoms with Crippen molar-refractivity contribution in [3.05, 3.63) is 59.4 Å². The maximum Gasteiger partial charge on any atom is 0.255 e. The van der Waals surface area contributed by atoms with E-state index < -0.39 is 0 Å². The fraction of sp³-hybridized carbons (Fsp3) is 0.0714. The lowest BCUT2D eigenvalue weighted by Crippen LogP contribution is -2.13. The van der Waals surface area contributed by atoms with E-state index >= 15 is 0 Å². The normalized spacial score (nSPS) is 10.1. The predicted molar refractivity (Wildman–Crippen MR) is 73.3 cm³/mol. The number of hydrogen-bond donors (Lipinski definition) is 3. The molecule has 0 saturated carbocycles. The quantitative estimate of drug-likeness (QED) is 0.586. The highest BCUT2D eigenvalue weighted by molar-refractivity contribution is 6.04. The van der Waals surface area contributed by atoms with Crippen molar-refractivity contribution in [2.75, 3.05) is 10.7 Å². The maximum atomic E-state index is 13.0. The van der Waals surface area contributed by atoms with Gasteiger partial charge < -0.3 is 10.7 Å². The first-order valence-electron chi connectivity index (χ1n) is 5.74. The zero-order valence-electron chi connectivity index (χ0n) is 10.4. The lowest BCUT2D eigenvalue weighted by atomic mass is 10.1. The van der Waals surface area contributed by atoms with Crippen LogP contribution in [0.4, 0.5) is 15.8 Å². The van der Waals surface area contributed by atoms with Gasteiger partial charge in [-0.1, -0.05) is 0 Å². The molecule has 0 aromatic heterocycles. The Labute approximate surface area is 110 Å². The van der Waals surface area contributed by atoms with E-state index in [2.05, 4.69) is 10.7 Å². The Balaban J connectivity index is 2.15.